The number of halogens is 2. The van der Waals surface area contributed by atoms with E-state index < -0.39 is 36.5 Å². The molecule has 1 aliphatic carbocycles. The van der Waals surface area contributed by atoms with Crippen LogP contribution in [-0.2, 0) is 24.4 Å². The van der Waals surface area contributed by atoms with Crippen molar-refractivity contribution < 1.29 is 48.2 Å². The zero-order valence-corrected chi connectivity index (χ0v) is 25.6. The first-order chi connectivity index (χ1) is 22.7. The molecule has 0 radical (unpaired) electrons. The second kappa shape index (κ2) is 13.8. The van der Waals surface area contributed by atoms with Crippen LogP contribution in [0.1, 0.15) is 45.1 Å². The molecule has 2 atom stereocenters. The molecule has 4 N–H and O–H groups in total. The number of benzene rings is 3. The van der Waals surface area contributed by atoms with Gasteiger partial charge in [-0.2, -0.15) is 0 Å². The van der Waals surface area contributed by atoms with Gasteiger partial charge >= 0.3 is 11.9 Å². The zero-order valence-electron chi connectivity index (χ0n) is 24.9. The van der Waals surface area contributed by atoms with E-state index in [1.165, 1.54) is 18.5 Å². The molecule has 13 heteroatoms. The number of ether oxygens (including phenoxy) is 4. The topological polar surface area (TPSA) is 157 Å². The highest BCUT2D eigenvalue weighted by atomic mass is 35.5. The summed E-state index contributed by atoms with van der Waals surface area (Å²) in [5.41, 5.74) is 3.92. The average molecular weight is 665 g/mol. The monoisotopic (exact) mass is 664 g/mol. The van der Waals surface area contributed by atoms with Crippen LogP contribution in [0.5, 0.6) is 23.0 Å². The Morgan fingerprint density at radius 2 is 1.89 bits per heavy atom. The van der Waals surface area contributed by atoms with Gasteiger partial charge < -0.3 is 34.3 Å². The van der Waals surface area contributed by atoms with Crippen molar-refractivity contribution in [3.63, 3.8) is 0 Å². The van der Waals surface area contributed by atoms with Gasteiger partial charge in [-0.05, 0) is 53.8 Å². The predicted molar refractivity (Wildman–Crippen MR) is 167 cm³/mol. The number of carboxylic acid groups (broad SMARTS) is 2. The van der Waals surface area contributed by atoms with Crippen molar-refractivity contribution >= 4 is 23.5 Å². The number of nitrogens with one attached hydrogen (secondary N) is 1. The zero-order chi connectivity index (χ0) is 33.1. The Bertz CT molecular complexity index is 1840. The van der Waals surface area contributed by atoms with Crippen molar-refractivity contribution in [2.24, 2.45) is 0 Å². The van der Waals surface area contributed by atoms with Crippen molar-refractivity contribution in [2.45, 2.75) is 38.1 Å². The Morgan fingerprint density at radius 1 is 1.06 bits per heavy atom. The van der Waals surface area contributed by atoms with Crippen LogP contribution in [-0.4, -0.2) is 58.1 Å². The van der Waals surface area contributed by atoms with E-state index in [1.54, 1.807) is 24.3 Å². The Labute approximate surface area is 273 Å². The highest BCUT2D eigenvalue weighted by Gasteiger charge is 2.30. The van der Waals surface area contributed by atoms with Gasteiger partial charge in [-0.3, -0.25) is 15.1 Å². The van der Waals surface area contributed by atoms with Crippen LogP contribution in [0.4, 0.5) is 4.39 Å². The number of aliphatic hydroxyl groups excluding tert-OH is 1. The first-order valence-electron chi connectivity index (χ1n) is 14.8. The fraction of sp³-hybridized carbons (Fsp3) is 0.265. The van der Waals surface area contributed by atoms with Crippen molar-refractivity contribution in [1.29, 1.82) is 0 Å². The normalized spacial score (nSPS) is 15.5. The van der Waals surface area contributed by atoms with Gasteiger partial charge in [-0.15, -0.1) is 0 Å². The van der Waals surface area contributed by atoms with Crippen molar-refractivity contribution in [2.75, 3.05) is 19.8 Å². The molecule has 2 heterocycles. The van der Waals surface area contributed by atoms with Crippen LogP contribution in [0.2, 0.25) is 5.02 Å². The van der Waals surface area contributed by atoms with Crippen LogP contribution in [0.15, 0.2) is 60.9 Å². The fourth-order valence-corrected chi connectivity index (χ4v) is 5.91. The van der Waals surface area contributed by atoms with Gasteiger partial charge in [0.15, 0.2) is 17.3 Å². The van der Waals surface area contributed by atoms with E-state index in [2.05, 4.69) is 10.3 Å². The maximum absolute atomic E-state index is 15.6. The highest BCUT2D eigenvalue weighted by Crippen LogP contribution is 2.45. The number of nitrogens with zero attached hydrogens (tertiary/aromatic N) is 1. The molecule has 0 saturated carbocycles. The van der Waals surface area contributed by atoms with E-state index in [-0.39, 0.29) is 36.1 Å². The van der Waals surface area contributed by atoms with Gasteiger partial charge in [0.1, 0.15) is 43.5 Å². The predicted octanol–water partition coefficient (Wildman–Crippen LogP) is 5.19. The van der Waals surface area contributed by atoms with Crippen molar-refractivity contribution in [1.82, 2.24) is 10.3 Å². The summed E-state index contributed by atoms with van der Waals surface area (Å²) in [7, 11) is 0. The standard InChI is InChI=1S/C34H30ClFN2O9/c35-25-11-19(15-38-26(16-39)34(42)43)29(46-17-18-10-20(33(40)41)14-37-13-18)12-30(25)47-27-6-4-22-21(2-1-3-23(22)27)24-5-7-28-32(31(24)36)45-9-8-44-28/h1-3,5,7,10-14,26-27,38-39H,4,6,8-9,15-17H2,(H,40,41)(H,42,43)/t26-,27-/m0/s1. The molecule has 1 aliphatic heterocycles. The number of aliphatic carboxylic acids is 1. The minimum atomic E-state index is -1.23. The number of carbonyl (C=O) groups is 2. The molecular weight excluding hydrogens is 635 g/mol. The lowest BCUT2D eigenvalue weighted by Gasteiger charge is -2.21. The third-order valence-corrected chi connectivity index (χ3v) is 8.29. The third-order valence-electron chi connectivity index (χ3n) is 7.99. The lowest BCUT2D eigenvalue weighted by Crippen LogP contribution is -2.39. The number of hydrogen-bond acceptors (Lipinski definition) is 9. The maximum Gasteiger partial charge on any atom is 0.337 e. The maximum atomic E-state index is 15.6. The SMILES string of the molecule is O=C(O)c1cncc(COc2cc(O[C@H]3CCc4c(-c5ccc6c(c5F)OCCO6)cccc43)c(Cl)cc2CN[C@@H](CO)C(=O)O)c1. The van der Waals surface area contributed by atoms with Crippen molar-refractivity contribution in [3.05, 3.63) is 99.6 Å². The summed E-state index contributed by atoms with van der Waals surface area (Å²) in [6.45, 7) is -0.0741. The summed E-state index contributed by atoms with van der Waals surface area (Å²) in [6, 6.07) is 12.4. The number of aromatic nitrogens is 1. The summed E-state index contributed by atoms with van der Waals surface area (Å²) >= 11 is 6.68. The quantitative estimate of drug-likeness (QED) is 0.158. The molecule has 1 aromatic heterocycles. The van der Waals surface area contributed by atoms with Gasteiger partial charge in [0.05, 0.1) is 17.2 Å². The van der Waals surface area contributed by atoms with Gasteiger partial charge in [-0.1, -0.05) is 29.8 Å². The molecule has 0 fully saturated rings. The van der Waals surface area contributed by atoms with Crippen LogP contribution in [0.3, 0.4) is 0 Å². The number of rotatable bonds is 12. The van der Waals surface area contributed by atoms with E-state index in [0.29, 0.717) is 53.4 Å². The lowest BCUT2D eigenvalue weighted by molar-refractivity contribution is -0.140. The molecule has 6 rings (SSSR count). The highest BCUT2D eigenvalue weighted by molar-refractivity contribution is 6.32. The molecule has 4 aromatic rings. The summed E-state index contributed by atoms with van der Waals surface area (Å²) in [6.07, 6.45) is 3.50. The molecule has 0 bridgehead atoms. The molecular formula is C34H30ClFN2O9. The Kier molecular flexibility index (Phi) is 9.43. The first-order valence-corrected chi connectivity index (χ1v) is 15.2. The third kappa shape index (κ3) is 6.80. The van der Waals surface area contributed by atoms with E-state index in [4.69, 9.17) is 30.5 Å². The Hall–Kier alpha value is -4.91. The molecule has 47 heavy (non-hydrogen) atoms. The second-order valence-electron chi connectivity index (χ2n) is 11.0. The molecule has 0 unspecified atom stereocenters. The number of aromatic carboxylic acids is 1. The largest absolute Gasteiger partial charge is 0.488 e. The second-order valence-corrected chi connectivity index (χ2v) is 11.4. The smallest absolute Gasteiger partial charge is 0.337 e. The molecule has 2 aliphatic rings. The number of pyridine rings is 1. The summed E-state index contributed by atoms with van der Waals surface area (Å²) in [4.78, 5) is 26.8. The molecule has 3 aromatic carbocycles. The van der Waals surface area contributed by atoms with Gasteiger partial charge in [0.2, 0.25) is 0 Å². The van der Waals surface area contributed by atoms with E-state index in [1.807, 2.05) is 18.2 Å². The first kappa shape index (κ1) is 32.0. The molecule has 0 spiro atoms. The number of carboxylic acids is 2. The Balaban J connectivity index is 1.28. The number of hydrogen-bond donors (Lipinski definition) is 4. The minimum absolute atomic E-state index is 0.00393. The average Bonchev–Trinajstić information content (AvgIpc) is 3.48. The molecule has 0 amide bonds. The van der Waals surface area contributed by atoms with Crippen LogP contribution in [0, 0.1) is 5.82 Å². The van der Waals surface area contributed by atoms with Crippen molar-refractivity contribution in [3.8, 4) is 34.1 Å². The van der Waals surface area contributed by atoms with Crippen LogP contribution < -0.4 is 24.3 Å². The van der Waals surface area contributed by atoms with Gasteiger partial charge in [0.25, 0.3) is 0 Å². The Morgan fingerprint density at radius 3 is 2.68 bits per heavy atom. The van der Waals surface area contributed by atoms with Gasteiger partial charge in [-0.25, -0.2) is 9.18 Å². The van der Waals surface area contributed by atoms with E-state index >= 15 is 4.39 Å². The lowest BCUT2D eigenvalue weighted by atomic mass is 9.96. The summed E-state index contributed by atoms with van der Waals surface area (Å²) in [5.74, 6) is -1.77. The minimum Gasteiger partial charge on any atom is -0.488 e. The fourth-order valence-electron chi connectivity index (χ4n) is 5.68. The number of aliphatic hydroxyl groups is 1. The van der Waals surface area contributed by atoms with Crippen LogP contribution in [0.25, 0.3) is 11.1 Å². The molecule has 244 valence electrons. The van der Waals surface area contributed by atoms with Crippen LogP contribution >= 0.6 is 11.6 Å². The van der Waals surface area contributed by atoms with Gasteiger partial charge in [0, 0.05) is 41.7 Å². The van der Waals surface area contributed by atoms with E-state index in [9.17, 15) is 24.9 Å². The molecule has 0 saturated heterocycles. The summed E-state index contributed by atoms with van der Waals surface area (Å²) in [5, 5.41) is 31.1. The molecule has 11 nitrogen and oxygen atoms in total. The number of fused-ring (bicyclic) bond motifs is 2. The summed E-state index contributed by atoms with van der Waals surface area (Å²) < 4.78 is 39.1. The van der Waals surface area contributed by atoms with E-state index in [0.717, 1.165) is 16.7 Å².